The van der Waals surface area contributed by atoms with Gasteiger partial charge in [-0.25, -0.2) is 4.98 Å². The van der Waals surface area contributed by atoms with Crippen LogP contribution in [-0.4, -0.2) is 29.0 Å². The van der Waals surface area contributed by atoms with Crippen molar-refractivity contribution in [1.29, 1.82) is 0 Å². The lowest BCUT2D eigenvalue weighted by Gasteiger charge is -2.08. The molecule has 0 aliphatic rings. The Morgan fingerprint density at radius 2 is 2.29 bits per heavy atom. The minimum absolute atomic E-state index is 0.0354. The SMILES string of the molecule is CC(C)CNC(=O)CCNc1ccnc(N)n1. The molecule has 1 aromatic heterocycles. The van der Waals surface area contributed by atoms with Crippen molar-refractivity contribution in [3.05, 3.63) is 12.3 Å². The van der Waals surface area contributed by atoms with Crippen molar-refractivity contribution in [1.82, 2.24) is 15.3 Å². The van der Waals surface area contributed by atoms with Crippen LogP contribution in [0.2, 0.25) is 0 Å². The van der Waals surface area contributed by atoms with Crippen LogP contribution >= 0.6 is 0 Å². The Morgan fingerprint density at radius 3 is 2.94 bits per heavy atom. The fourth-order valence-corrected chi connectivity index (χ4v) is 1.18. The maximum Gasteiger partial charge on any atom is 0.221 e. The Bertz CT molecular complexity index is 367. The number of nitrogens with two attached hydrogens (primary N) is 1. The van der Waals surface area contributed by atoms with Crippen molar-refractivity contribution in [2.75, 3.05) is 24.1 Å². The number of anilines is 2. The number of hydrogen-bond donors (Lipinski definition) is 3. The van der Waals surface area contributed by atoms with E-state index >= 15 is 0 Å². The predicted molar refractivity (Wildman–Crippen MR) is 67.4 cm³/mol. The van der Waals surface area contributed by atoms with Crippen molar-refractivity contribution < 1.29 is 4.79 Å². The van der Waals surface area contributed by atoms with Crippen LogP contribution in [0.4, 0.5) is 11.8 Å². The van der Waals surface area contributed by atoms with Crippen LogP contribution in [0.25, 0.3) is 0 Å². The van der Waals surface area contributed by atoms with E-state index in [2.05, 4.69) is 34.4 Å². The van der Waals surface area contributed by atoms with Crippen LogP contribution in [0.1, 0.15) is 20.3 Å². The zero-order chi connectivity index (χ0) is 12.7. The molecular formula is C11H19N5O. The number of nitrogens with zero attached hydrogens (tertiary/aromatic N) is 2. The average molecular weight is 237 g/mol. The van der Waals surface area contributed by atoms with E-state index in [1.54, 1.807) is 12.3 Å². The number of hydrogen-bond acceptors (Lipinski definition) is 5. The number of rotatable bonds is 6. The summed E-state index contributed by atoms with van der Waals surface area (Å²) in [7, 11) is 0. The van der Waals surface area contributed by atoms with E-state index in [1.807, 2.05) is 0 Å². The zero-order valence-corrected chi connectivity index (χ0v) is 10.2. The highest BCUT2D eigenvalue weighted by Crippen LogP contribution is 2.02. The molecule has 0 unspecified atom stereocenters. The zero-order valence-electron chi connectivity index (χ0n) is 10.2. The van der Waals surface area contributed by atoms with Crippen LogP contribution in [0, 0.1) is 5.92 Å². The second kappa shape index (κ2) is 6.67. The molecule has 0 aliphatic heterocycles. The molecule has 1 heterocycles. The molecule has 0 fully saturated rings. The van der Waals surface area contributed by atoms with Gasteiger partial charge in [-0.05, 0) is 12.0 Å². The Kier molecular flexibility index (Phi) is 5.19. The lowest BCUT2D eigenvalue weighted by molar-refractivity contribution is -0.120. The summed E-state index contributed by atoms with van der Waals surface area (Å²) in [4.78, 5) is 19.1. The van der Waals surface area contributed by atoms with Crippen molar-refractivity contribution in [2.24, 2.45) is 5.92 Å². The van der Waals surface area contributed by atoms with Gasteiger partial charge in [-0.2, -0.15) is 4.98 Å². The Balaban J connectivity index is 2.21. The number of nitrogens with one attached hydrogen (secondary N) is 2. The van der Waals surface area contributed by atoms with Crippen LogP contribution in [0.15, 0.2) is 12.3 Å². The summed E-state index contributed by atoms with van der Waals surface area (Å²) in [5, 5.41) is 5.86. The molecule has 0 spiro atoms. The molecule has 1 amide bonds. The van der Waals surface area contributed by atoms with E-state index in [4.69, 9.17) is 5.73 Å². The third-order valence-electron chi connectivity index (χ3n) is 2.04. The van der Waals surface area contributed by atoms with Crippen molar-refractivity contribution >= 4 is 17.7 Å². The molecule has 4 N–H and O–H groups in total. The second-order valence-electron chi connectivity index (χ2n) is 4.17. The molecular weight excluding hydrogens is 218 g/mol. The Labute approximate surface area is 101 Å². The summed E-state index contributed by atoms with van der Waals surface area (Å²) < 4.78 is 0. The van der Waals surface area contributed by atoms with Gasteiger partial charge in [0.2, 0.25) is 11.9 Å². The third-order valence-corrected chi connectivity index (χ3v) is 2.04. The first kappa shape index (κ1) is 13.2. The number of amides is 1. The molecule has 0 aliphatic carbocycles. The van der Waals surface area contributed by atoms with E-state index in [-0.39, 0.29) is 11.9 Å². The van der Waals surface area contributed by atoms with E-state index in [9.17, 15) is 4.79 Å². The second-order valence-corrected chi connectivity index (χ2v) is 4.17. The first-order valence-electron chi connectivity index (χ1n) is 5.67. The first-order chi connectivity index (χ1) is 8.08. The molecule has 0 saturated heterocycles. The molecule has 0 atom stereocenters. The molecule has 1 rings (SSSR count). The molecule has 0 saturated carbocycles. The summed E-state index contributed by atoms with van der Waals surface area (Å²) in [6.07, 6.45) is 1.99. The van der Waals surface area contributed by atoms with Gasteiger partial charge in [-0.1, -0.05) is 13.8 Å². The van der Waals surface area contributed by atoms with Crippen LogP contribution < -0.4 is 16.4 Å². The first-order valence-corrected chi connectivity index (χ1v) is 5.67. The van der Waals surface area contributed by atoms with Crippen molar-refractivity contribution in [3.63, 3.8) is 0 Å². The largest absolute Gasteiger partial charge is 0.369 e. The average Bonchev–Trinajstić information content (AvgIpc) is 2.26. The van der Waals surface area contributed by atoms with Gasteiger partial charge in [0.05, 0.1) is 0 Å². The van der Waals surface area contributed by atoms with Crippen LogP contribution in [-0.2, 0) is 4.79 Å². The molecule has 94 valence electrons. The highest BCUT2D eigenvalue weighted by atomic mass is 16.1. The van der Waals surface area contributed by atoms with Gasteiger partial charge >= 0.3 is 0 Å². The Hall–Kier alpha value is -1.85. The van der Waals surface area contributed by atoms with E-state index < -0.39 is 0 Å². The summed E-state index contributed by atoms with van der Waals surface area (Å²) in [6.45, 7) is 5.35. The smallest absolute Gasteiger partial charge is 0.221 e. The van der Waals surface area contributed by atoms with Gasteiger partial charge in [-0.3, -0.25) is 4.79 Å². The van der Waals surface area contributed by atoms with E-state index in [0.717, 1.165) is 0 Å². The summed E-state index contributed by atoms with van der Waals surface area (Å²) in [5.41, 5.74) is 5.43. The summed E-state index contributed by atoms with van der Waals surface area (Å²) in [6, 6.07) is 1.71. The highest BCUT2D eigenvalue weighted by Gasteiger charge is 2.02. The minimum atomic E-state index is 0.0354. The van der Waals surface area contributed by atoms with Gasteiger partial charge in [0.25, 0.3) is 0 Å². The minimum Gasteiger partial charge on any atom is -0.369 e. The monoisotopic (exact) mass is 237 g/mol. The van der Waals surface area contributed by atoms with Crippen molar-refractivity contribution in [3.8, 4) is 0 Å². The molecule has 6 heteroatoms. The quantitative estimate of drug-likeness (QED) is 0.675. The van der Waals surface area contributed by atoms with Gasteiger partial charge in [-0.15, -0.1) is 0 Å². The maximum absolute atomic E-state index is 11.4. The lowest BCUT2D eigenvalue weighted by Crippen LogP contribution is -2.28. The normalized spacial score (nSPS) is 10.3. The molecule has 0 radical (unpaired) electrons. The van der Waals surface area contributed by atoms with Gasteiger partial charge < -0.3 is 16.4 Å². The molecule has 6 nitrogen and oxygen atoms in total. The van der Waals surface area contributed by atoms with E-state index in [1.165, 1.54) is 0 Å². The number of aromatic nitrogens is 2. The molecule has 0 aromatic carbocycles. The standard InChI is InChI=1S/C11H19N5O/c1-8(2)7-15-10(17)4-6-13-9-3-5-14-11(12)16-9/h3,5,8H,4,6-7H2,1-2H3,(H,15,17)(H3,12,13,14,16). The van der Waals surface area contributed by atoms with Crippen LogP contribution in [0.5, 0.6) is 0 Å². The van der Waals surface area contributed by atoms with Gasteiger partial charge in [0.1, 0.15) is 5.82 Å². The molecule has 1 aromatic rings. The summed E-state index contributed by atoms with van der Waals surface area (Å²) in [5.74, 6) is 1.36. The predicted octanol–water partition coefficient (Wildman–Crippen LogP) is 0.633. The fourth-order valence-electron chi connectivity index (χ4n) is 1.18. The maximum atomic E-state index is 11.4. The number of nitrogen functional groups attached to an aromatic ring is 1. The van der Waals surface area contributed by atoms with Crippen molar-refractivity contribution in [2.45, 2.75) is 20.3 Å². The highest BCUT2D eigenvalue weighted by molar-refractivity contribution is 5.76. The molecule has 0 bridgehead atoms. The van der Waals surface area contributed by atoms with Gasteiger partial charge in [0, 0.05) is 25.7 Å². The fraction of sp³-hybridized carbons (Fsp3) is 0.545. The Morgan fingerprint density at radius 1 is 1.53 bits per heavy atom. The number of carbonyl (C=O) groups excluding carboxylic acids is 1. The van der Waals surface area contributed by atoms with E-state index in [0.29, 0.717) is 31.2 Å². The molecule has 17 heavy (non-hydrogen) atoms. The van der Waals surface area contributed by atoms with Crippen LogP contribution in [0.3, 0.4) is 0 Å². The third kappa shape index (κ3) is 5.70. The number of carbonyl (C=O) groups is 1. The lowest BCUT2D eigenvalue weighted by atomic mass is 10.2. The van der Waals surface area contributed by atoms with Gasteiger partial charge in [0.15, 0.2) is 0 Å². The topological polar surface area (TPSA) is 92.9 Å². The summed E-state index contributed by atoms with van der Waals surface area (Å²) >= 11 is 0.